The number of carbonyl (C=O) groups excluding carboxylic acids is 1. The van der Waals surface area contributed by atoms with Gasteiger partial charge in [0.2, 0.25) is 0 Å². The molecule has 0 radical (unpaired) electrons. The first-order valence-corrected chi connectivity index (χ1v) is 7.10. The van der Waals surface area contributed by atoms with Gasteiger partial charge in [-0.3, -0.25) is 4.79 Å². The van der Waals surface area contributed by atoms with Crippen molar-refractivity contribution in [3.05, 3.63) is 59.4 Å². The van der Waals surface area contributed by atoms with Crippen LogP contribution in [-0.2, 0) is 13.6 Å². The lowest BCUT2D eigenvalue weighted by Crippen LogP contribution is -2.33. The summed E-state index contributed by atoms with van der Waals surface area (Å²) in [6.45, 7) is 0.632. The maximum Gasteiger partial charge on any atom is 0.254 e. The van der Waals surface area contributed by atoms with Gasteiger partial charge >= 0.3 is 0 Å². The maximum atomic E-state index is 12.7. The molecule has 0 aliphatic heterocycles. The molecule has 1 aliphatic carbocycles. The van der Waals surface area contributed by atoms with Crippen LogP contribution in [0.5, 0.6) is 0 Å². The molecule has 0 unspecified atom stereocenters. The molecule has 1 aromatic carbocycles. The summed E-state index contributed by atoms with van der Waals surface area (Å²) in [4.78, 5) is 14.6. The van der Waals surface area contributed by atoms with Crippen LogP contribution < -0.4 is 0 Å². The van der Waals surface area contributed by atoms with Crippen molar-refractivity contribution >= 4 is 5.91 Å². The number of hydrogen-bond acceptors (Lipinski definition) is 2. The highest BCUT2D eigenvalue weighted by molar-refractivity contribution is 5.94. The zero-order valence-corrected chi connectivity index (χ0v) is 12.0. The van der Waals surface area contributed by atoms with Crippen LogP contribution in [0.2, 0.25) is 0 Å². The van der Waals surface area contributed by atoms with Crippen LogP contribution in [0, 0.1) is 11.3 Å². The molecule has 1 fully saturated rings. The molecule has 1 aromatic heterocycles. The lowest BCUT2D eigenvalue weighted by Gasteiger charge is -2.23. The van der Waals surface area contributed by atoms with E-state index in [1.807, 2.05) is 34.8 Å². The van der Waals surface area contributed by atoms with Gasteiger partial charge < -0.3 is 9.47 Å². The first kappa shape index (κ1) is 13.4. The average molecular weight is 279 g/mol. The van der Waals surface area contributed by atoms with Crippen molar-refractivity contribution in [1.29, 1.82) is 5.26 Å². The lowest BCUT2D eigenvalue weighted by atomic mass is 10.1. The fourth-order valence-corrected chi connectivity index (χ4v) is 2.44. The number of benzene rings is 1. The molecule has 3 rings (SSSR count). The summed E-state index contributed by atoms with van der Waals surface area (Å²) in [6, 6.07) is 13.3. The van der Waals surface area contributed by atoms with Crippen molar-refractivity contribution in [3.63, 3.8) is 0 Å². The third kappa shape index (κ3) is 2.82. The van der Waals surface area contributed by atoms with Crippen LogP contribution in [0.1, 0.15) is 34.5 Å². The zero-order valence-electron chi connectivity index (χ0n) is 12.0. The van der Waals surface area contributed by atoms with E-state index in [-0.39, 0.29) is 5.91 Å². The molecule has 0 bridgehead atoms. The van der Waals surface area contributed by atoms with E-state index in [9.17, 15) is 4.79 Å². The third-order valence-electron chi connectivity index (χ3n) is 3.89. The highest BCUT2D eigenvalue weighted by Crippen LogP contribution is 2.29. The summed E-state index contributed by atoms with van der Waals surface area (Å²) >= 11 is 0. The molecule has 4 nitrogen and oxygen atoms in total. The van der Waals surface area contributed by atoms with Crippen molar-refractivity contribution in [2.75, 3.05) is 0 Å². The molecule has 106 valence electrons. The smallest absolute Gasteiger partial charge is 0.254 e. The van der Waals surface area contributed by atoms with E-state index < -0.39 is 0 Å². The van der Waals surface area contributed by atoms with Crippen LogP contribution in [0.4, 0.5) is 0 Å². The molecule has 1 aliphatic rings. The first-order valence-electron chi connectivity index (χ1n) is 7.10. The number of nitrogens with zero attached hydrogens (tertiary/aromatic N) is 3. The third-order valence-corrected chi connectivity index (χ3v) is 3.89. The van der Waals surface area contributed by atoms with Crippen molar-refractivity contribution in [2.45, 2.75) is 25.4 Å². The summed E-state index contributed by atoms with van der Waals surface area (Å²) < 4.78 is 2.04. The lowest BCUT2D eigenvalue weighted by molar-refractivity contribution is 0.0726. The fourth-order valence-electron chi connectivity index (χ4n) is 2.44. The Morgan fingerprint density at radius 3 is 2.57 bits per heavy atom. The predicted molar refractivity (Wildman–Crippen MR) is 79.5 cm³/mol. The van der Waals surface area contributed by atoms with Crippen LogP contribution in [0.15, 0.2) is 42.6 Å². The van der Waals surface area contributed by atoms with Gasteiger partial charge in [0.15, 0.2) is 0 Å². The Kier molecular flexibility index (Phi) is 3.49. The molecule has 4 heteroatoms. The number of aromatic nitrogens is 1. The van der Waals surface area contributed by atoms with Crippen LogP contribution in [-0.4, -0.2) is 21.4 Å². The normalized spacial score (nSPS) is 13.7. The second kappa shape index (κ2) is 5.45. The first-order chi connectivity index (χ1) is 10.2. The van der Waals surface area contributed by atoms with Gasteiger partial charge in [0.1, 0.15) is 0 Å². The van der Waals surface area contributed by atoms with E-state index in [1.165, 1.54) is 0 Å². The van der Waals surface area contributed by atoms with E-state index in [4.69, 9.17) is 5.26 Å². The molecule has 2 aromatic rings. The monoisotopic (exact) mass is 279 g/mol. The van der Waals surface area contributed by atoms with Crippen LogP contribution in [0.25, 0.3) is 0 Å². The minimum absolute atomic E-state index is 0.0446. The van der Waals surface area contributed by atoms with Crippen LogP contribution >= 0.6 is 0 Å². The number of nitriles is 1. The highest BCUT2D eigenvalue weighted by Gasteiger charge is 2.33. The Bertz CT molecular complexity index is 690. The molecule has 1 amide bonds. The van der Waals surface area contributed by atoms with Gasteiger partial charge in [-0.1, -0.05) is 0 Å². The van der Waals surface area contributed by atoms with Gasteiger partial charge in [-0.2, -0.15) is 5.26 Å². The second-order valence-corrected chi connectivity index (χ2v) is 5.46. The molecular formula is C17H17N3O. The number of aryl methyl sites for hydroxylation is 1. The predicted octanol–water partition coefficient (Wildman–Crippen LogP) is 2.70. The molecule has 1 saturated carbocycles. The van der Waals surface area contributed by atoms with Crippen molar-refractivity contribution in [1.82, 2.24) is 9.47 Å². The van der Waals surface area contributed by atoms with E-state index >= 15 is 0 Å². The standard InChI is InChI=1S/C17H17N3O/c1-19-10-2-3-16(19)12-20(15-8-9-15)17(21)14-6-4-13(11-18)5-7-14/h2-7,10,15H,8-9,12H2,1H3. The number of carbonyl (C=O) groups is 1. The van der Waals surface area contributed by atoms with E-state index in [0.717, 1.165) is 18.5 Å². The molecule has 0 N–H and O–H groups in total. The largest absolute Gasteiger partial charge is 0.353 e. The van der Waals surface area contributed by atoms with Gasteiger partial charge in [-0.15, -0.1) is 0 Å². The molecular weight excluding hydrogens is 262 g/mol. The fraction of sp³-hybridized carbons (Fsp3) is 0.294. The topological polar surface area (TPSA) is 49.0 Å². The van der Waals surface area contributed by atoms with E-state index in [0.29, 0.717) is 23.7 Å². The van der Waals surface area contributed by atoms with Gasteiger partial charge in [0.25, 0.3) is 5.91 Å². The minimum atomic E-state index is 0.0446. The zero-order chi connectivity index (χ0) is 14.8. The summed E-state index contributed by atoms with van der Waals surface area (Å²) in [5, 5.41) is 8.83. The Balaban J connectivity index is 1.81. The summed E-state index contributed by atoms with van der Waals surface area (Å²) in [5.74, 6) is 0.0446. The molecule has 0 atom stereocenters. The SMILES string of the molecule is Cn1cccc1CN(C(=O)c1ccc(C#N)cc1)C1CC1. The quantitative estimate of drug-likeness (QED) is 0.864. The van der Waals surface area contributed by atoms with E-state index in [2.05, 4.69) is 6.07 Å². The molecule has 0 saturated heterocycles. The number of hydrogen-bond donors (Lipinski definition) is 0. The number of rotatable bonds is 4. The molecule has 1 heterocycles. The summed E-state index contributed by atoms with van der Waals surface area (Å²) in [5.41, 5.74) is 2.35. The Morgan fingerprint density at radius 2 is 2.05 bits per heavy atom. The Labute approximate surface area is 124 Å². The number of amides is 1. The summed E-state index contributed by atoms with van der Waals surface area (Å²) in [7, 11) is 1.99. The Morgan fingerprint density at radius 1 is 1.33 bits per heavy atom. The molecule has 21 heavy (non-hydrogen) atoms. The average Bonchev–Trinajstić information content (AvgIpc) is 3.28. The minimum Gasteiger partial charge on any atom is -0.353 e. The maximum absolute atomic E-state index is 12.7. The van der Waals surface area contributed by atoms with Gasteiger partial charge in [0, 0.05) is 30.5 Å². The van der Waals surface area contributed by atoms with Crippen molar-refractivity contribution in [2.24, 2.45) is 7.05 Å². The highest BCUT2D eigenvalue weighted by atomic mass is 16.2. The van der Waals surface area contributed by atoms with Gasteiger partial charge in [0.05, 0.1) is 18.2 Å². The van der Waals surface area contributed by atoms with E-state index in [1.54, 1.807) is 24.3 Å². The van der Waals surface area contributed by atoms with Crippen molar-refractivity contribution in [3.8, 4) is 6.07 Å². The van der Waals surface area contributed by atoms with Crippen LogP contribution in [0.3, 0.4) is 0 Å². The second-order valence-electron chi connectivity index (χ2n) is 5.46. The van der Waals surface area contributed by atoms with Gasteiger partial charge in [-0.25, -0.2) is 0 Å². The Hall–Kier alpha value is -2.54. The van der Waals surface area contributed by atoms with Crippen molar-refractivity contribution < 1.29 is 4.79 Å². The molecule has 0 spiro atoms. The summed E-state index contributed by atoms with van der Waals surface area (Å²) in [6.07, 6.45) is 4.14. The van der Waals surface area contributed by atoms with Gasteiger partial charge in [-0.05, 0) is 49.2 Å².